The molecule has 1 aromatic heterocycles. The Bertz CT molecular complexity index is 417. The number of aryl methyl sites for hydroxylation is 1. The number of halogens is 1. The first kappa shape index (κ1) is 13.2. The molecule has 0 aromatic carbocycles. The molecule has 0 radical (unpaired) electrons. The largest absolute Gasteiger partial charge is 0.393 e. The maximum atomic E-state index is 11.6. The summed E-state index contributed by atoms with van der Waals surface area (Å²) in [5, 5.41) is 16.3. The van der Waals surface area contributed by atoms with Crippen LogP contribution in [0.15, 0.2) is 15.5 Å². The van der Waals surface area contributed by atoms with Gasteiger partial charge in [0.15, 0.2) is 0 Å². The molecule has 0 aliphatic heterocycles. The van der Waals surface area contributed by atoms with E-state index in [1.165, 1.54) is 4.68 Å². The molecule has 90 valence electrons. The van der Waals surface area contributed by atoms with E-state index in [4.69, 9.17) is 0 Å². The summed E-state index contributed by atoms with van der Waals surface area (Å²) in [4.78, 5) is 11.6. The fourth-order valence-corrected chi connectivity index (χ4v) is 1.92. The van der Waals surface area contributed by atoms with E-state index in [1.54, 1.807) is 20.2 Å². The number of aromatic nitrogens is 2. The van der Waals surface area contributed by atoms with Gasteiger partial charge in [0.25, 0.3) is 5.56 Å². The van der Waals surface area contributed by atoms with E-state index in [2.05, 4.69) is 26.3 Å². The summed E-state index contributed by atoms with van der Waals surface area (Å²) in [5.74, 6) is 0. The zero-order chi connectivity index (χ0) is 12.3. The number of hydrogen-bond acceptors (Lipinski definition) is 4. The first-order valence-corrected chi connectivity index (χ1v) is 5.87. The Morgan fingerprint density at radius 1 is 1.62 bits per heavy atom. The second kappa shape index (κ2) is 5.45. The summed E-state index contributed by atoms with van der Waals surface area (Å²) < 4.78 is 1.72. The average Bonchev–Trinajstić information content (AvgIpc) is 2.18. The molecule has 5 nitrogen and oxygen atoms in total. The molecule has 2 N–H and O–H groups in total. The third-order valence-electron chi connectivity index (χ3n) is 2.17. The van der Waals surface area contributed by atoms with E-state index in [0.29, 0.717) is 16.6 Å². The van der Waals surface area contributed by atoms with Crippen LogP contribution in [0.1, 0.15) is 20.3 Å². The molecule has 1 heterocycles. The number of anilines is 1. The Hall–Kier alpha value is -0.880. The minimum absolute atomic E-state index is 0.0743. The van der Waals surface area contributed by atoms with E-state index < -0.39 is 0 Å². The van der Waals surface area contributed by atoms with Crippen LogP contribution in [0.3, 0.4) is 0 Å². The van der Waals surface area contributed by atoms with Crippen LogP contribution in [-0.2, 0) is 7.05 Å². The molecule has 0 bridgehead atoms. The van der Waals surface area contributed by atoms with Crippen molar-refractivity contribution in [1.82, 2.24) is 9.78 Å². The summed E-state index contributed by atoms with van der Waals surface area (Å²) in [7, 11) is 1.59. The van der Waals surface area contributed by atoms with E-state index in [9.17, 15) is 9.90 Å². The van der Waals surface area contributed by atoms with Crippen LogP contribution in [-0.4, -0.2) is 27.0 Å². The van der Waals surface area contributed by atoms with Crippen LogP contribution >= 0.6 is 15.9 Å². The van der Waals surface area contributed by atoms with Gasteiger partial charge in [0.05, 0.1) is 18.0 Å². The number of nitrogens with zero attached hydrogens (tertiary/aromatic N) is 2. The van der Waals surface area contributed by atoms with Crippen molar-refractivity contribution in [3.8, 4) is 0 Å². The molecule has 0 saturated carbocycles. The molecule has 2 unspecified atom stereocenters. The first-order valence-electron chi connectivity index (χ1n) is 5.08. The van der Waals surface area contributed by atoms with Gasteiger partial charge in [0, 0.05) is 13.1 Å². The Morgan fingerprint density at radius 2 is 2.25 bits per heavy atom. The minimum atomic E-state index is -0.374. The second-order valence-electron chi connectivity index (χ2n) is 3.93. The highest BCUT2D eigenvalue weighted by atomic mass is 79.9. The van der Waals surface area contributed by atoms with E-state index >= 15 is 0 Å². The Balaban J connectivity index is 2.82. The van der Waals surface area contributed by atoms with E-state index in [-0.39, 0.29) is 17.7 Å². The topological polar surface area (TPSA) is 67.2 Å². The molecule has 0 aliphatic rings. The van der Waals surface area contributed by atoms with Crippen LogP contribution in [0.4, 0.5) is 5.69 Å². The van der Waals surface area contributed by atoms with Crippen LogP contribution in [0.5, 0.6) is 0 Å². The second-order valence-corrected chi connectivity index (χ2v) is 4.72. The molecule has 1 aromatic rings. The van der Waals surface area contributed by atoms with E-state index in [1.807, 2.05) is 6.92 Å². The molecule has 0 amide bonds. The molecule has 0 aliphatic carbocycles. The molecule has 0 spiro atoms. The summed E-state index contributed by atoms with van der Waals surface area (Å²) in [6.07, 6.45) is 1.83. The molecule has 2 atom stereocenters. The zero-order valence-corrected chi connectivity index (χ0v) is 11.2. The van der Waals surface area contributed by atoms with Crippen molar-refractivity contribution in [2.45, 2.75) is 32.4 Å². The van der Waals surface area contributed by atoms with Gasteiger partial charge in [-0.2, -0.15) is 5.10 Å². The number of aliphatic hydroxyl groups excluding tert-OH is 1. The average molecular weight is 290 g/mol. The fourth-order valence-electron chi connectivity index (χ4n) is 1.45. The third kappa shape index (κ3) is 3.31. The Kier molecular flexibility index (Phi) is 4.49. The SMILES string of the molecule is CC(O)CC(C)Nc1cnn(C)c(=O)c1Br. The van der Waals surface area contributed by atoms with Crippen molar-refractivity contribution in [2.24, 2.45) is 7.05 Å². The molecule has 0 fully saturated rings. The van der Waals surface area contributed by atoms with Gasteiger partial charge in [-0.05, 0) is 36.2 Å². The van der Waals surface area contributed by atoms with Gasteiger partial charge >= 0.3 is 0 Å². The number of nitrogens with one attached hydrogen (secondary N) is 1. The van der Waals surface area contributed by atoms with Crippen molar-refractivity contribution in [3.05, 3.63) is 21.0 Å². The fraction of sp³-hybridized carbons (Fsp3) is 0.600. The number of aliphatic hydroxyl groups is 1. The zero-order valence-electron chi connectivity index (χ0n) is 9.57. The normalized spacial score (nSPS) is 14.6. The highest BCUT2D eigenvalue weighted by Gasteiger charge is 2.11. The lowest BCUT2D eigenvalue weighted by Crippen LogP contribution is -2.25. The predicted molar refractivity (Wildman–Crippen MR) is 66.6 cm³/mol. The highest BCUT2D eigenvalue weighted by molar-refractivity contribution is 9.10. The maximum absolute atomic E-state index is 11.6. The van der Waals surface area contributed by atoms with Crippen LogP contribution in [0.2, 0.25) is 0 Å². The van der Waals surface area contributed by atoms with Gasteiger partial charge in [-0.3, -0.25) is 4.79 Å². The molecule has 0 saturated heterocycles. The van der Waals surface area contributed by atoms with Gasteiger partial charge in [-0.25, -0.2) is 4.68 Å². The van der Waals surface area contributed by atoms with Crippen molar-refractivity contribution >= 4 is 21.6 Å². The molecule has 16 heavy (non-hydrogen) atoms. The monoisotopic (exact) mass is 289 g/mol. The van der Waals surface area contributed by atoms with Crippen molar-refractivity contribution < 1.29 is 5.11 Å². The summed E-state index contributed by atoms with van der Waals surface area (Å²) >= 11 is 3.23. The summed E-state index contributed by atoms with van der Waals surface area (Å²) in [5.41, 5.74) is 0.463. The minimum Gasteiger partial charge on any atom is -0.393 e. The van der Waals surface area contributed by atoms with Crippen LogP contribution in [0.25, 0.3) is 0 Å². The maximum Gasteiger partial charge on any atom is 0.282 e. The number of hydrogen-bond donors (Lipinski definition) is 2. The standard InChI is InChI=1S/C10H16BrN3O2/c1-6(4-7(2)15)13-8-5-12-14(3)10(16)9(8)11/h5-7,13,15H,4H2,1-3H3. The predicted octanol–water partition coefficient (Wildman–Crippen LogP) is 1.11. The van der Waals surface area contributed by atoms with Crippen molar-refractivity contribution in [1.29, 1.82) is 0 Å². The molecular weight excluding hydrogens is 274 g/mol. The highest BCUT2D eigenvalue weighted by Crippen LogP contribution is 2.17. The van der Waals surface area contributed by atoms with Crippen molar-refractivity contribution in [2.75, 3.05) is 5.32 Å². The van der Waals surface area contributed by atoms with Gasteiger partial charge in [0.1, 0.15) is 4.47 Å². The lowest BCUT2D eigenvalue weighted by Gasteiger charge is -2.17. The van der Waals surface area contributed by atoms with Crippen molar-refractivity contribution in [3.63, 3.8) is 0 Å². The first-order chi connectivity index (χ1) is 7.41. The molecule has 6 heteroatoms. The quantitative estimate of drug-likeness (QED) is 0.872. The van der Waals surface area contributed by atoms with Crippen LogP contribution < -0.4 is 10.9 Å². The van der Waals surface area contributed by atoms with Gasteiger partial charge in [-0.15, -0.1) is 0 Å². The Labute approximate surface area is 103 Å². The lowest BCUT2D eigenvalue weighted by atomic mass is 10.1. The smallest absolute Gasteiger partial charge is 0.282 e. The van der Waals surface area contributed by atoms with Crippen LogP contribution in [0, 0.1) is 0 Å². The number of rotatable bonds is 4. The van der Waals surface area contributed by atoms with Gasteiger partial charge < -0.3 is 10.4 Å². The summed E-state index contributed by atoms with van der Waals surface area (Å²) in [6.45, 7) is 3.67. The lowest BCUT2D eigenvalue weighted by molar-refractivity contribution is 0.179. The molecule has 1 rings (SSSR count). The third-order valence-corrected chi connectivity index (χ3v) is 2.94. The molecular formula is C10H16BrN3O2. The summed E-state index contributed by atoms with van der Waals surface area (Å²) in [6, 6.07) is 0.0743. The van der Waals surface area contributed by atoms with E-state index in [0.717, 1.165) is 0 Å². The van der Waals surface area contributed by atoms with Gasteiger partial charge in [-0.1, -0.05) is 0 Å². The Morgan fingerprint density at radius 3 is 2.81 bits per heavy atom. The van der Waals surface area contributed by atoms with Gasteiger partial charge in [0.2, 0.25) is 0 Å².